The van der Waals surface area contributed by atoms with E-state index in [0.717, 1.165) is 40.3 Å². The van der Waals surface area contributed by atoms with Crippen molar-refractivity contribution in [2.24, 2.45) is 11.3 Å². The quantitative estimate of drug-likeness (QED) is 0.0529. The van der Waals surface area contributed by atoms with Gasteiger partial charge >= 0.3 is 11.9 Å². The molecule has 0 aliphatic heterocycles. The largest absolute Gasteiger partial charge is 0.493 e. The van der Waals surface area contributed by atoms with Crippen LogP contribution in [-0.2, 0) is 38.3 Å². The molecule has 3 aromatic carbocycles. The normalized spacial score (nSPS) is 15.5. The number of hydrogen-bond donors (Lipinski definition) is 2. The number of aliphatic hydroxyl groups excluding tert-OH is 2. The van der Waals surface area contributed by atoms with Crippen molar-refractivity contribution in [1.82, 2.24) is 0 Å². The molecule has 316 valence electrons. The average molecular weight is 795 g/mol. The van der Waals surface area contributed by atoms with Crippen molar-refractivity contribution >= 4 is 11.9 Å². The molecular weight excluding hydrogens is 725 g/mol. The number of carbonyl (C=O) groups is 2. The number of esters is 2. The summed E-state index contributed by atoms with van der Waals surface area (Å²) >= 11 is 0. The predicted octanol–water partition coefficient (Wildman–Crippen LogP) is 11.3. The third-order valence-electron chi connectivity index (χ3n) is 12.2. The fourth-order valence-corrected chi connectivity index (χ4v) is 8.12. The number of aliphatic hydroxyl groups is 2. The molecule has 2 N–H and O–H groups in total. The predicted molar refractivity (Wildman–Crippen MR) is 236 cm³/mol. The van der Waals surface area contributed by atoms with E-state index in [9.17, 15) is 19.8 Å². The highest BCUT2D eigenvalue weighted by Gasteiger charge is 2.27. The van der Waals surface area contributed by atoms with Crippen molar-refractivity contribution < 1.29 is 34.0 Å². The molecule has 0 atom stereocenters. The van der Waals surface area contributed by atoms with Crippen LogP contribution in [-0.4, -0.2) is 55.2 Å². The Morgan fingerprint density at radius 3 is 1.76 bits per heavy atom. The summed E-state index contributed by atoms with van der Waals surface area (Å²) in [6.07, 6.45) is 13.6. The van der Waals surface area contributed by atoms with Gasteiger partial charge in [-0.2, -0.15) is 0 Å². The minimum atomic E-state index is -0.640. The molecule has 58 heavy (non-hydrogen) atoms. The maximum atomic E-state index is 12.2. The van der Waals surface area contributed by atoms with Gasteiger partial charge in [-0.3, -0.25) is 0 Å². The van der Waals surface area contributed by atoms with E-state index in [0.29, 0.717) is 62.2 Å². The van der Waals surface area contributed by atoms with E-state index in [2.05, 4.69) is 81.6 Å². The zero-order valence-corrected chi connectivity index (χ0v) is 36.1. The smallest absolute Gasteiger partial charge is 0.333 e. The van der Waals surface area contributed by atoms with Gasteiger partial charge in [0.25, 0.3) is 0 Å². The monoisotopic (exact) mass is 795 g/mol. The summed E-state index contributed by atoms with van der Waals surface area (Å²) in [5.74, 6) is 1.48. The molecule has 0 heterocycles. The topological polar surface area (TPSA) is 102 Å². The van der Waals surface area contributed by atoms with E-state index < -0.39 is 17.4 Å². The molecule has 0 bridgehead atoms. The second kappa shape index (κ2) is 23.4. The molecule has 0 aromatic heterocycles. The summed E-state index contributed by atoms with van der Waals surface area (Å²) in [5.41, 5.74) is 9.37. The number of hydrogen-bond acceptors (Lipinski definition) is 7. The van der Waals surface area contributed by atoms with E-state index in [1.54, 1.807) is 13.8 Å². The molecule has 0 amide bonds. The van der Waals surface area contributed by atoms with Crippen molar-refractivity contribution in [3.63, 3.8) is 0 Å². The van der Waals surface area contributed by atoms with Crippen molar-refractivity contribution in [3.8, 4) is 28.0 Å². The molecular formula is C51H70O7. The van der Waals surface area contributed by atoms with E-state index in [-0.39, 0.29) is 26.4 Å². The number of unbranched alkanes of at least 4 members (excludes halogenated alkanes) is 1. The molecule has 0 spiro atoms. The lowest BCUT2D eigenvalue weighted by Gasteiger charge is -2.29. The molecule has 0 saturated heterocycles. The first-order valence-electron chi connectivity index (χ1n) is 21.9. The first kappa shape index (κ1) is 46.5. The third kappa shape index (κ3) is 13.2. The third-order valence-corrected chi connectivity index (χ3v) is 12.2. The summed E-state index contributed by atoms with van der Waals surface area (Å²) in [6, 6.07) is 20.4. The van der Waals surface area contributed by atoms with E-state index >= 15 is 0 Å². The number of aryl methyl sites for hydroxylation is 3. The van der Waals surface area contributed by atoms with Gasteiger partial charge < -0.3 is 24.4 Å². The number of benzene rings is 3. The lowest BCUT2D eigenvalue weighted by molar-refractivity contribution is -0.139. The zero-order chi connectivity index (χ0) is 42.1. The first-order valence-corrected chi connectivity index (χ1v) is 21.9. The number of carbonyl (C=O) groups excluding carboxylic acids is 2. The summed E-state index contributed by atoms with van der Waals surface area (Å²) in [7, 11) is 0. The maximum Gasteiger partial charge on any atom is 0.333 e. The minimum Gasteiger partial charge on any atom is -0.493 e. The van der Waals surface area contributed by atoms with Gasteiger partial charge in [0.1, 0.15) is 5.75 Å². The van der Waals surface area contributed by atoms with Crippen LogP contribution in [0, 0.1) is 11.3 Å². The van der Waals surface area contributed by atoms with Gasteiger partial charge in [-0.25, -0.2) is 9.59 Å². The van der Waals surface area contributed by atoms with Gasteiger partial charge in [0.15, 0.2) is 0 Å². The summed E-state index contributed by atoms with van der Waals surface area (Å²) < 4.78 is 17.5. The Labute approximate surface area is 348 Å². The van der Waals surface area contributed by atoms with E-state index in [4.69, 9.17) is 14.2 Å². The summed E-state index contributed by atoms with van der Waals surface area (Å²) in [6.45, 7) is 17.6. The van der Waals surface area contributed by atoms with Crippen LogP contribution in [0.1, 0.15) is 133 Å². The zero-order valence-electron chi connectivity index (χ0n) is 36.1. The molecule has 0 unspecified atom stereocenters. The van der Waals surface area contributed by atoms with Crippen LogP contribution in [0.15, 0.2) is 78.9 Å². The fourth-order valence-electron chi connectivity index (χ4n) is 8.12. The lowest BCUT2D eigenvalue weighted by Crippen LogP contribution is -2.31. The van der Waals surface area contributed by atoms with Gasteiger partial charge in [0.2, 0.25) is 0 Å². The average Bonchev–Trinajstić information content (AvgIpc) is 3.25. The second-order valence-electron chi connectivity index (χ2n) is 16.6. The van der Waals surface area contributed by atoms with Crippen LogP contribution in [0.3, 0.4) is 0 Å². The van der Waals surface area contributed by atoms with Crippen LogP contribution in [0.4, 0.5) is 0 Å². The standard InChI is InChI=1S/C51H70O7/c1-8-11-14-38-17-19-40(20-18-38)41-21-23-42(24-22-41)43-25-26-47(39(9-2)31-43)46-32-44(15-12-28-57-49(54)36(4)5)48(56-30-27-51(10-3,34-52)35-53)45(33-46)16-13-29-58-50(55)37(6)7/h21-26,31-33,38,40,52-53H,4,6,8-20,27-30,34-35H2,1-3,5,7H3. The van der Waals surface area contributed by atoms with Gasteiger partial charge in [-0.05, 0) is 153 Å². The van der Waals surface area contributed by atoms with Crippen LogP contribution >= 0.6 is 0 Å². The molecule has 7 heteroatoms. The molecule has 1 aliphatic carbocycles. The van der Waals surface area contributed by atoms with Gasteiger partial charge in [-0.15, -0.1) is 0 Å². The Morgan fingerprint density at radius 2 is 1.26 bits per heavy atom. The van der Waals surface area contributed by atoms with Crippen molar-refractivity contribution in [2.75, 3.05) is 33.0 Å². The fraction of sp³-hybridized carbons (Fsp3) is 0.529. The Bertz CT molecular complexity index is 1730. The Balaban J connectivity index is 1.66. The number of rotatable bonds is 24. The van der Waals surface area contributed by atoms with Crippen LogP contribution in [0.5, 0.6) is 5.75 Å². The van der Waals surface area contributed by atoms with Gasteiger partial charge in [0.05, 0.1) is 33.0 Å². The van der Waals surface area contributed by atoms with Crippen LogP contribution in [0.25, 0.3) is 22.3 Å². The highest BCUT2D eigenvalue weighted by atomic mass is 16.5. The van der Waals surface area contributed by atoms with Crippen molar-refractivity contribution in [1.29, 1.82) is 0 Å². The Morgan fingerprint density at radius 1 is 0.707 bits per heavy atom. The summed E-state index contributed by atoms with van der Waals surface area (Å²) in [5, 5.41) is 20.3. The van der Waals surface area contributed by atoms with Crippen LogP contribution in [0.2, 0.25) is 0 Å². The van der Waals surface area contributed by atoms with Gasteiger partial charge in [-0.1, -0.05) is 95.7 Å². The lowest BCUT2D eigenvalue weighted by atomic mass is 9.77. The number of ether oxygens (including phenoxy) is 3. The van der Waals surface area contributed by atoms with E-state index in [1.165, 1.54) is 67.2 Å². The Kier molecular flexibility index (Phi) is 18.8. The molecule has 4 rings (SSSR count). The molecule has 1 fully saturated rings. The minimum absolute atomic E-state index is 0.135. The highest BCUT2D eigenvalue weighted by molar-refractivity contribution is 5.87. The van der Waals surface area contributed by atoms with Crippen LogP contribution < -0.4 is 4.74 Å². The molecule has 1 aliphatic rings. The highest BCUT2D eigenvalue weighted by Crippen LogP contribution is 2.40. The van der Waals surface area contributed by atoms with E-state index in [1.807, 2.05) is 6.92 Å². The second-order valence-corrected chi connectivity index (χ2v) is 16.6. The SMILES string of the molecule is C=C(C)C(=O)OCCCc1cc(-c2ccc(-c3ccc(C4CCC(CCCC)CC4)cc3)cc2CC)cc(CCCOC(=O)C(=C)C)c1OCCC(CC)(CO)CO. The Hall–Kier alpha value is -4.20. The van der Waals surface area contributed by atoms with Crippen molar-refractivity contribution in [2.45, 2.75) is 130 Å². The molecule has 7 nitrogen and oxygen atoms in total. The van der Waals surface area contributed by atoms with Crippen molar-refractivity contribution in [3.05, 3.63) is 101 Å². The molecule has 1 saturated carbocycles. The summed E-state index contributed by atoms with van der Waals surface area (Å²) in [4.78, 5) is 24.3. The first-order chi connectivity index (χ1) is 28.0. The van der Waals surface area contributed by atoms with Gasteiger partial charge in [0, 0.05) is 16.6 Å². The molecule has 0 radical (unpaired) electrons. The molecule has 3 aromatic rings. The maximum absolute atomic E-state index is 12.2.